The predicted octanol–water partition coefficient (Wildman–Crippen LogP) is 4.69. The van der Waals surface area contributed by atoms with Crippen molar-refractivity contribution >= 4 is 33.5 Å². The van der Waals surface area contributed by atoms with E-state index in [0.29, 0.717) is 6.54 Å². The Balaban J connectivity index is 2.77. The number of allylic oxidation sites excluding steroid dienone is 2. The topological polar surface area (TPSA) is 57.6 Å². The maximum Gasteiger partial charge on any atom is 0.304 e. The minimum atomic E-state index is -1.17. The van der Waals surface area contributed by atoms with E-state index < -0.39 is 16.8 Å². The average Bonchev–Trinajstić information content (AvgIpc) is 2.74. The Hall–Kier alpha value is -1.88. The van der Waals surface area contributed by atoms with Gasteiger partial charge in [0.15, 0.2) is 0 Å². The van der Waals surface area contributed by atoms with E-state index in [2.05, 4.69) is 22.5 Å². The van der Waals surface area contributed by atoms with Gasteiger partial charge in [0.1, 0.15) is 0 Å². The fourth-order valence-corrected chi connectivity index (χ4v) is 3.77. The molecule has 5 heteroatoms. The number of hydrogen-bond donors (Lipinski definition) is 1. The second-order valence-corrected chi connectivity index (χ2v) is 8.18. The van der Waals surface area contributed by atoms with Gasteiger partial charge in [-0.2, -0.15) is 0 Å². The minimum absolute atomic E-state index is 0.189. The molecule has 1 heterocycles. The summed E-state index contributed by atoms with van der Waals surface area (Å²) in [5.41, 5.74) is 0.711. The molecule has 0 fully saturated rings. The molecule has 0 aromatic heterocycles. The van der Waals surface area contributed by atoms with Crippen LogP contribution in [0, 0.1) is 5.41 Å². The number of amides is 1. The number of halogens is 1. The summed E-state index contributed by atoms with van der Waals surface area (Å²) in [5, 5.41) is 9.57. The number of carbonyl (C=O) groups excluding carboxylic acids is 1. The molecule has 134 valence electrons. The number of hydrogen-bond acceptors (Lipinski definition) is 2. The number of carboxylic acids is 1. The molecule has 0 saturated heterocycles. The maximum atomic E-state index is 13.5. The van der Waals surface area contributed by atoms with Crippen molar-refractivity contribution in [2.24, 2.45) is 5.41 Å². The van der Waals surface area contributed by atoms with Crippen LogP contribution in [0.25, 0.3) is 0 Å². The average molecular weight is 406 g/mol. The Kier molecular flexibility index (Phi) is 5.28. The number of carboxylic acid groups (broad SMARTS) is 1. The van der Waals surface area contributed by atoms with Gasteiger partial charge in [0.25, 0.3) is 0 Å². The Labute approximate surface area is 157 Å². The summed E-state index contributed by atoms with van der Waals surface area (Å²) >= 11 is 3.46. The molecule has 25 heavy (non-hydrogen) atoms. The van der Waals surface area contributed by atoms with Crippen molar-refractivity contribution in [1.29, 1.82) is 0 Å². The van der Waals surface area contributed by atoms with Crippen LogP contribution in [0.15, 0.2) is 47.0 Å². The number of rotatable bonds is 6. The highest BCUT2D eigenvalue weighted by molar-refractivity contribution is 9.10. The Morgan fingerprint density at radius 2 is 2.04 bits per heavy atom. The summed E-state index contributed by atoms with van der Waals surface area (Å²) in [6, 6.07) is 5.59. The SMILES string of the molecule is C=CC(C)(C)C1(CC(=O)O)C(=O)N(CC=C(C)C)c2cc(Br)ccc21. The summed E-state index contributed by atoms with van der Waals surface area (Å²) in [6.07, 6.45) is 3.38. The van der Waals surface area contributed by atoms with E-state index in [4.69, 9.17) is 0 Å². The summed E-state index contributed by atoms with van der Waals surface area (Å²) in [7, 11) is 0. The first-order valence-corrected chi connectivity index (χ1v) is 8.97. The quantitative estimate of drug-likeness (QED) is 0.698. The molecule has 1 unspecified atom stereocenters. The molecule has 1 N–H and O–H groups in total. The molecule has 0 radical (unpaired) electrons. The second-order valence-electron chi connectivity index (χ2n) is 7.26. The first-order valence-electron chi connectivity index (χ1n) is 8.17. The second kappa shape index (κ2) is 6.79. The van der Waals surface area contributed by atoms with Crippen molar-refractivity contribution in [3.05, 3.63) is 52.5 Å². The third-order valence-corrected chi connectivity index (χ3v) is 5.52. The smallest absolute Gasteiger partial charge is 0.304 e. The number of fused-ring (bicyclic) bond motifs is 1. The van der Waals surface area contributed by atoms with E-state index in [9.17, 15) is 14.7 Å². The van der Waals surface area contributed by atoms with E-state index >= 15 is 0 Å². The molecule has 2 rings (SSSR count). The van der Waals surface area contributed by atoms with Gasteiger partial charge in [0.2, 0.25) is 5.91 Å². The van der Waals surface area contributed by atoms with Gasteiger partial charge < -0.3 is 10.0 Å². The zero-order valence-corrected chi connectivity index (χ0v) is 16.7. The zero-order valence-electron chi connectivity index (χ0n) is 15.1. The third-order valence-electron chi connectivity index (χ3n) is 5.03. The van der Waals surface area contributed by atoms with Gasteiger partial charge in [-0.3, -0.25) is 9.59 Å². The molecule has 1 atom stereocenters. The van der Waals surface area contributed by atoms with Gasteiger partial charge in [-0.1, -0.05) is 53.6 Å². The number of anilines is 1. The monoisotopic (exact) mass is 405 g/mol. The Bertz CT molecular complexity index is 762. The standard InChI is InChI=1S/C20H24BrNO3/c1-6-19(4,5)20(12-17(23)24)15-8-7-14(21)11-16(15)22(18(20)25)10-9-13(2)3/h6-9,11H,1,10,12H2,2-5H3,(H,23,24). The highest BCUT2D eigenvalue weighted by Crippen LogP contribution is 2.54. The highest BCUT2D eigenvalue weighted by atomic mass is 79.9. The van der Waals surface area contributed by atoms with Crippen LogP contribution in [0.5, 0.6) is 0 Å². The molecule has 1 aliphatic heterocycles. The van der Waals surface area contributed by atoms with E-state index in [-0.39, 0.29) is 12.3 Å². The Morgan fingerprint density at radius 3 is 2.56 bits per heavy atom. The molecular formula is C20H24BrNO3. The third kappa shape index (κ3) is 3.17. The van der Waals surface area contributed by atoms with Crippen LogP contribution in [0.3, 0.4) is 0 Å². The summed E-state index contributed by atoms with van der Waals surface area (Å²) < 4.78 is 0.851. The van der Waals surface area contributed by atoms with Crippen molar-refractivity contribution in [3.8, 4) is 0 Å². The molecule has 1 aromatic rings. The van der Waals surface area contributed by atoms with Crippen LogP contribution in [-0.2, 0) is 15.0 Å². The Morgan fingerprint density at radius 1 is 1.40 bits per heavy atom. The molecule has 4 nitrogen and oxygen atoms in total. The normalized spacial score (nSPS) is 19.6. The van der Waals surface area contributed by atoms with Crippen molar-refractivity contribution in [2.75, 3.05) is 11.4 Å². The summed E-state index contributed by atoms with van der Waals surface area (Å²) in [5.74, 6) is -1.19. The lowest BCUT2D eigenvalue weighted by atomic mass is 9.60. The fourth-order valence-electron chi connectivity index (χ4n) is 3.42. The van der Waals surface area contributed by atoms with Gasteiger partial charge in [0.05, 0.1) is 11.8 Å². The first-order chi connectivity index (χ1) is 11.6. The number of nitrogens with zero attached hydrogens (tertiary/aromatic N) is 1. The fraction of sp³-hybridized carbons (Fsp3) is 0.400. The van der Waals surface area contributed by atoms with E-state index in [1.165, 1.54) is 0 Å². The van der Waals surface area contributed by atoms with Gasteiger partial charge in [-0.15, -0.1) is 6.58 Å². The van der Waals surface area contributed by atoms with Gasteiger partial charge in [0, 0.05) is 22.1 Å². The lowest BCUT2D eigenvalue weighted by Crippen LogP contribution is -2.50. The van der Waals surface area contributed by atoms with Crippen molar-refractivity contribution in [1.82, 2.24) is 0 Å². The van der Waals surface area contributed by atoms with Gasteiger partial charge in [-0.25, -0.2) is 0 Å². The first kappa shape index (κ1) is 19.4. The van der Waals surface area contributed by atoms with E-state index in [0.717, 1.165) is 21.3 Å². The predicted molar refractivity (Wildman–Crippen MR) is 104 cm³/mol. The number of aliphatic carboxylic acids is 1. The zero-order chi connectivity index (χ0) is 19.0. The molecule has 0 spiro atoms. The van der Waals surface area contributed by atoms with Crippen molar-refractivity contribution < 1.29 is 14.7 Å². The maximum absolute atomic E-state index is 13.5. The summed E-state index contributed by atoms with van der Waals surface area (Å²) in [4.78, 5) is 26.9. The largest absolute Gasteiger partial charge is 0.481 e. The van der Waals surface area contributed by atoms with Crippen LogP contribution in [0.2, 0.25) is 0 Å². The number of carbonyl (C=O) groups is 2. The van der Waals surface area contributed by atoms with Crippen LogP contribution < -0.4 is 4.90 Å². The van der Waals surface area contributed by atoms with Crippen LogP contribution in [-0.4, -0.2) is 23.5 Å². The number of benzene rings is 1. The summed E-state index contributed by atoms with van der Waals surface area (Å²) in [6.45, 7) is 12.0. The lowest BCUT2D eigenvalue weighted by Gasteiger charge is -2.40. The minimum Gasteiger partial charge on any atom is -0.481 e. The van der Waals surface area contributed by atoms with E-state index in [1.54, 1.807) is 11.0 Å². The molecule has 1 aliphatic rings. The molecule has 0 bridgehead atoms. The van der Waals surface area contributed by atoms with Gasteiger partial charge >= 0.3 is 5.97 Å². The van der Waals surface area contributed by atoms with Crippen LogP contribution in [0.1, 0.15) is 39.7 Å². The highest BCUT2D eigenvalue weighted by Gasteiger charge is 2.59. The van der Waals surface area contributed by atoms with Crippen LogP contribution in [0.4, 0.5) is 5.69 Å². The van der Waals surface area contributed by atoms with Gasteiger partial charge in [-0.05, 0) is 31.5 Å². The molecule has 0 aliphatic carbocycles. The molecular weight excluding hydrogens is 382 g/mol. The molecule has 0 saturated carbocycles. The molecule has 1 aromatic carbocycles. The van der Waals surface area contributed by atoms with Crippen molar-refractivity contribution in [2.45, 2.75) is 39.5 Å². The van der Waals surface area contributed by atoms with E-state index in [1.807, 2.05) is 52.0 Å². The molecule has 1 amide bonds. The van der Waals surface area contributed by atoms with Crippen LogP contribution >= 0.6 is 15.9 Å². The van der Waals surface area contributed by atoms with Crippen molar-refractivity contribution in [3.63, 3.8) is 0 Å². The lowest BCUT2D eigenvalue weighted by molar-refractivity contribution is -0.143.